The summed E-state index contributed by atoms with van der Waals surface area (Å²) >= 11 is 5.74. The number of pyridine rings is 1. The van der Waals surface area contributed by atoms with E-state index in [9.17, 15) is 17.6 Å². The number of hydrogen-bond acceptors (Lipinski definition) is 6. The maximum Gasteiger partial charge on any atom is 0.274 e. The molecule has 3 N–H and O–H groups in total. The quantitative estimate of drug-likeness (QED) is 0.774. The van der Waals surface area contributed by atoms with Gasteiger partial charge in [0.05, 0.1) is 10.8 Å². The van der Waals surface area contributed by atoms with Crippen LogP contribution in [0.3, 0.4) is 0 Å². The molecule has 0 spiro atoms. The molecule has 0 bridgehead atoms. The van der Waals surface area contributed by atoms with Crippen LogP contribution in [-0.4, -0.2) is 42.3 Å². The van der Waals surface area contributed by atoms with Crippen LogP contribution >= 0.6 is 11.6 Å². The van der Waals surface area contributed by atoms with Gasteiger partial charge in [-0.25, -0.2) is 27.1 Å². The number of carbonyl (C=O) groups is 1. The van der Waals surface area contributed by atoms with Gasteiger partial charge in [-0.15, -0.1) is 0 Å². The molecule has 2 aromatic rings. The Balaban J connectivity index is 1.99. The molecule has 28 heavy (non-hydrogen) atoms. The van der Waals surface area contributed by atoms with Gasteiger partial charge in [-0.2, -0.15) is 0 Å². The average molecular weight is 429 g/mol. The maximum atomic E-state index is 14.6. The van der Waals surface area contributed by atoms with Gasteiger partial charge in [0.15, 0.2) is 0 Å². The monoisotopic (exact) mass is 428 g/mol. The number of halogens is 2. The van der Waals surface area contributed by atoms with Crippen molar-refractivity contribution in [2.24, 2.45) is 10.7 Å². The van der Waals surface area contributed by atoms with Crippen LogP contribution in [0.15, 0.2) is 41.5 Å². The first-order chi connectivity index (χ1) is 14.2. The molecule has 148 valence electrons. The van der Waals surface area contributed by atoms with Gasteiger partial charge < -0.3 is 11.1 Å². The molecule has 0 radical (unpaired) electrons. The Kier molecular flexibility index (Phi) is 4.08. The molecule has 3 rings (SSSR count). The highest BCUT2D eigenvalue weighted by molar-refractivity contribution is 7.89. The van der Waals surface area contributed by atoms with Gasteiger partial charge in [0.2, 0.25) is 16.0 Å². The minimum Gasteiger partial charge on any atom is -0.369 e. The Hall–Kier alpha value is -2.72. The first kappa shape index (κ1) is 16.3. The summed E-state index contributed by atoms with van der Waals surface area (Å²) in [5.74, 6) is -3.04. The van der Waals surface area contributed by atoms with Crippen LogP contribution in [0.4, 0.5) is 10.1 Å². The van der Waals surface area contributed by atoms with Gasteiger partial charge in [0, 0.05) is 28.5 Å². The van der Waals surface area contributed by atoms with Gasteiger partial charge in [0.1, 0.15) is 17.1 Å². The van der Waals surface area contributed by atoms with E-state index in [1.54, 1.807) is 0 Å². The summed E-state index contributed by atoms with van der Waals surface area (Å²) < 4.78 is 62.0. The SMILES string of the molecule is [2H]C([2H])([2H])N1C(N)=N[C@](C)(c2cc(NC(=O)c3ccc(Cl)cn3)ccc2F)CS1(=O)=O. The van der Waals surface area contributed by atoms with Crippen molar-refractivity contribution in [3.05, 3.63) is 58.6 Å². The van der Waals surface area contributed by atoms with E-state index in [4.69, 9.17) is 21.4 Å². The van der Waals surface area contributed by atoms with Crippen molar-refractivity contribution in [1.82, 2.24) is 9.29 Å². The number of sulfonamides is 1. The minimum atomic E-state index is -4.45. The smallest absolute Gasteiger partial charge is 0.274 e. The molecule has 1 aromatic heterocycles. The molecule has 1 aliphatic heterocycles. The van der Waals surface area contributed by atoms with Crippen molar-refractivity contribution in [1.29, 1.82) is 0 Å². The summed E-state index contributed by atoms with van der Waals surface area (Å²) in [6.07, 6.45) is 1.29. The third-order valence-electron chi connectivity index (χ3n) is 4.08. The Morgan fingerprint density at radius 1 is 1.43 bits per heavy atom. The van der Waals surface area contributed by atoms with Crippen LogP contribution in [0.25, 0.3) is 0 Å². The first-order valence-corrected chi connectivity index (χ1v) is 9.83. The highest BCUT2D eigenvalue weighted by Crippen LogP contribution is 2.34. The molecule has 1 aromatic carbocycles. The number of anilines is 1. The lowest BCUT2D eigenvalue weighted by atomic mass is 9.93. The van der Waals surface area contributed by atoms with E-state index in [1.807, 2.05) is 0 Å². The highest BCUT2D eigenvalue weighted by atomic mass is 35.5. The molecule has 1 aliphatic rings. The predicted octanol–water partition coefficient (Wildman–Crippen LogP) is 1.93. The fourth-order valence-electron chi connectivity index (χ4n) is 2.75. The zero-order valence-corrected chi connectivity index (χ0v) is 16.1. The molecule has 0 aliphatic carbocycles. The number of carbonyl (C=O) groups excluding carboxylic acids is 1. The number of nitrogens with two attached hydrogens (primary N) is 1. The van der Waals surface area contributed by atoms with Gasteiger partial charge in [-0.05, 0) is 37.3 Å². The van der Waals surface area contributed by atoms with Crippen molar-refractivity contribution in [3.8, 4) is 0 Å². The van der Waals surface area contributed by atoms with Crippen molar-refractivity contribution in [3.63, 3.8) is 0 Å². The fraction of sp³-hybridized carbons (Fsp3) is 0.235. The second kappa shape index (κ2) is 7.02. The molecule has 0 fully saturated rings. The highest BCUT2D eigenvalue weighted by Gasteiger charge is 2.41. The number of aromatic nitrogens is 1. The Bertz CT molecular complexity index is 1170. The van der Waals surface area contributed by atoms with Crippen molar-refractivity contribution in [2.75, 3.05) is 18.0 Å². The molecular weight excluding hydrogens is 409 g/mol. The predicted molar refractivity (Wildman–Crippen MR) is 104 cm³/mol. The number of hydrogen-bond donors (Lipinski definition) is 2. The van der Waals surface area contributed by atoms with E-state index in [0.29, 0.717) is 5.02 Å². The van der Waals surface area contributed by atoms with E-state index in [2.05, 4.69) is 15.3 Å². The molecule has 11 heteroatoms. The summed E-state index contributed by atoms with van der Waals surface area (Å²) in [5.41, 5.74) is 3.91. The number of nitrogens with zero attached hydrogens (tertiary/aromatic N) is 3. The van der Waals surface area contributed by atoms with Crippen molar-refractivity contribution >= 4 is 39.2 Å². The van der Waals surface area contributed by atoms with Gasteiger partial charge in [-0.3, -0.25) is 4.79 Å². The van der Waals surface area contributed by atoms with Crippen LogP contribution < -0.4 is 11.1 Å². The lowest BCUT2D eigenvalue weighted by Gasteiger charge is -2.34. The van der Waals surface area contributed by atoms with E-state index in [0.717, 1.165) is 6.07 Å². The number of amides is 1. The lowest BCUT2D eigenvalue weighted by Crippen LogP contribution is -2.50. The molecule has 8 nitrogen and oxygen atoms in total. The summed E-state index contributed by atoms with van der Waals surface area (Å²) in [7, 11) is -4.45. The first-order valence-electron chi connectivity index (χ1n) is 9.34. The van der Waals surface area contributed by atoms with Gasteiger partial charge in [-0.1, -0.05) is 11.6 Å². The van der Waals surface area contributed by atoms with Gasteiger partial charge >= 0.3 is 0 Å². The Morgan fingerprint density at radius 2 is 2.18 bits per heavy atom. The van der Waals surface area contributed by atoms with Crippen molar-refractivity contribution in [2.45, 2.75) is 12.5 Å². The summed E-state index contributed by atoms with van der Waals surface area (Å²) in [4.78, 5) is 20.2. The van der Waals surface area contributed by atoms with E-state index >= 15 is 0 Å². The number of rotatable bonds is 3. The topological polar surface area (TPSA) is 118 Å². The molecule has 2 heterocycles. The Labute approximate surface area is 170 Å². The zero-order chi connectivity index (χ0) is 23.2. The number of aliphatic imine (C=N–C) groups is 1. The molecular formula is C17H17ClFN5O3S. The zero-order valence-electron chi connectivity index (χ0n) is 17.5. The minimum absolute atomic E-state index is 0.0392. The third kappa shape index (κ3) is 3.78. The Morgan fingerprint density at radius 3 is 2.79 bits per heavy atom. The summed E-state index contributed by atoms with van der Waals surface area (Å²) in [6, 6.07) is 6.38. The molecule has 0 saturated carbocycles. The molecule has 0 unspecified atom stereocenters. The van der Waals surface area contributed by atoms with Crippen LogP contribution in [0.2, 0.25) is 5.02 Å². The van der Waals surface area contributed by atoms with E-state index < -0.39 is 46.0 Å². The van der Waals surface area contributed by atoms with Crippen LogP contribution in [0.1, 0.15) is 27.1 Å². The van der Waals surface area contributed by atoms with Crippen LogP contribution in [-0.2, 0) is 15.6 Å². The van der Waals surface area contributed by atoms with Crippen LogP contribution in [0, 0.1) is 5.82 Å². The maximum absolute atomic E-state index is 14.6. The van der Waals surface area contributed by atoms with Crippen LogP contribution in [0.5, 0.6) is 0 Å². The number of nitrogens with one attached hydrogen (secondary N) is 1. The molecule has 1 amide bonds. The number of guanidine groups is 1. The van der Waals surface area contributed by atoms with Crippen molar-refractivity contribution < 1.29 is 21.7 Å². The second-order valence-electron chi connectivity index (χ2n) is 6.27. The summed E-state index contributed by atoms with van der Waals surface area (Å²) in [5, 5.41) is 2.87. The third-order valence-corrected chi connectivity index (χ3v) is 5.97. The van der Waals surface area contributed by atoms with E-state index in [-0.39, 0.29) is 21.2 Å². The number of benzene rings is 1. The average Bonchev–Trinajstić information content (AvgIpc) is 2.60. The molecule has 1 atom stereocenters. The second-order valence-corrected chi connectivity index (χ2v) is 8.53. The largest absolute Gasteiger partial charge is 0.369 e. The normalized spacial score (nSPS) is 23.2. The van der Waals surface area contributed by atoms with Gasteiger partial charge in [0.25, 0.3) is 5.91 Å². The standard InChI is InChI=1S/C17H17ClFN5O3S/c1-17(9-28(26,27)24(2)16(20)23-17)12-7-11(4-5-13(12)19)22-15(25)14-6-3-10(18)8-21-14/h3-8H,9H2,1-2H3,(H2,20,23)(H,22,25)/t17-/m0/s1/i2D3. The molecule has 0 saturated heterocycles. The summed E-state index contributed by atoms with van der Waals surface area (Å²) in [6.45, 7) is -1.77. The van der Waals surface area contributed by atoms with E-state index in [1.165, 1.54) is 37.4 Å². The fourth-order valence-corrected chi connectivity index (χ4v) is 4.25. The lowest BCUT2D eigenvalue weighted by molar-refractivity contribution is 0.102.